The van der Waals surface area contributed by atoms with Crippen molar-refractivity contribution in [1.82, 2.24) is 0 Å². The topological polar surface area (TPSA) is 26.0 Å². The van der Waals surface area contributed by atoms with Crippen LogP contribution in [0.2, 0.25) is 0 Å². The summed E-state index contributed by atoms with van der Waals surface area (Å²) in [5.41, 5.74) is 7.28. The third-order valence-electron chi connectivity index (χ3n) is 6.40. The summed E-state index contributed by atoms with van der Waals surface area (Å²) in [5.74, 6) is 3.00. The van der Waals surface area contributed by atoms with Crippen LogP contribution >= 0.6 is 0 Å². The maximum absolute atomic E-state index is 6.07. The standard InChI is InChI=1S/C14H25N/c1-13(2)10-4-5-11(12(13)8-10)14(9-15)6-3-7-14/h10-12H,3-9,15H2,1-2H3. The molecule has 3 unspecified atom stereocenters. The molecular weight excluding hydrogens is 182 g/mol. The van der Waals surface area contributed by atoms with Crippen molar-refractivity contribution in [2.75, 3.05) is 6.54 Å². The second-order valence-corrected chi connectivity index (χ2v) is 6.96. The highest BCUT2D eigenvalue weighted by atomic mass is 14.7. The van der Waals surface area contributed by atoms with Crippen LogP contribution in [-0.2, 0) is 0 Å². The third kappa shape index (κ3) is 1.13. The lowest BCUT2D eigenvalue weighted by molar-refractivity contribution is -0.159. The van der Waals surface area contributed by atoms with Gasteiger partial charge in [-0.3, -0.25) is 0 Å². The van der Waals surface area contributed by atoms with E-state index in [0.717, 1.165) is 24.3 Å². The lowest BCUT2D eigenvalue weighted by atomic mass is 9.40. The Bertz CT molecular complexity index is 257. The first-order chi connectivity index (χ1) is 7.10. The highest BCUT2D eigenvalue weighted by Crippen LogP contribution is 2.67. The average Bonchev–Trinajstić information content (AvgIpc) is 2.17. The lowest BCUT2D eigenvalue weighted by Gasteiger charge is -2.65. The Morgan fingerprint density at radius 1 is 1.13 bits per heavy atom. The summed E-state index contributed by atoms with van der Waals surface area (Å²) < 4.78 is 0. The molecule has 0 radical (unpaired) electrons. The molecule has 0 aliphatic heterocycles. The van der Waals surface area contributed by atoms with E-state index in [2.05, 4.69) is 13.8 Å². The average molecular weight is 207 g/mol. The first kappa shape index (κ1) is 10.1. The van der Waals surface area contributed by atoms with E-state index in [9.17, 15) is 0 Å². The quantitative estimate of drug-likeness (QED) is 0.739. The van der Waals surface area contributed by atoms with E-state index in [4.69, 9.17) is 5.73 Å². The third-order valence-corrected chi connectivity index (χ3v) is 6.40. The Kier molecular flexibility index (Phi) is 2.03. The molecule has 4 saturated carbocycles. The molecule has 0 aromatic rings. The zero-order chi connectivity index (χ0) is 10.7. The molecule has 0 amide bonds. The van der Waals surface area contributed by atoms with Gasteiger partial charge in [-0.25, -0.2) is 0 Å². The first-order valence-electron chi connectivity index (χ1n) is 6.80. The molecule has 0 spiro atoms. The summed E-state index contributed by atoms with van der Waals surface area (Å²) in [7, 11) is 0. The van der Waals surface area contributed by atoms with Crippen LogP contribution in [0.5, 0.6) is 0 Å². The molecule has 1 nitrogen and oxygen atoms in total. The van der Waals surface area contributed by atoms with Gasteiger partial charge in [0.1, 0.15) is 0 Å². The van der Waals surface area contributed by atoms with E-state index in [1.165, 1.54) is 38.5 Å². The van der Waals surface area contributed by atoms with Gasteiger partial charge in [0.05, 0.1) is 0 Å². The Morgan fingerprint density at radius 2 is 1.87 bits per heavy atom. The smallest absolute Gasteiger partial charge is 0.00178 e. The predicted molar refractivity (Wildman–Crippen MR) is 63.4 cm³/mol. The predicted octanol–water partition coefficient (Wildman–Crippen LogP) is 3.19. The fourth-order valence-corrected chi connectivity index (χ4v) is 4.90. The Labute approximate surface area is 93.8 Å². The van der Waals surface area contributed by atoms with Crippen molar-refractivity contribution in [3.8, 4) is 0 Å². The van der Waals surface area contributed by atoms with Crippen molar-refractivity contribution in [2.45, 2.75) is 52.4 Å². The van der Waals surface area contributed by atoms with Crippen molar-refractivity contribution in [3.05, 3.63) is 0 Å². The van der Waals surface area contributed by atoms with Crippen LogP contribution in [-0.4, -0.2) is 6.54 Å². The molecule has 0 saturated heterocycles. The molecule has 0 aromatic heterocycles. The molecule has 4 fully saturated rings. The Morgan fingerprint density at radius 3 is 2.27 bits per heavy atom. The van der Waals surface area contributed by atoms with E-state index in [-0.39, 0.29) is 0 Å². The van der Waals surface area contributed by atoms with Gasteiger partial charge in [0, 0.05) is 0 Å². The minimum absolute atomic E-state index is 0.577. The zero-order valence-corrected chi connectivity index (χ0v) is 10.3. The van der Waals surface area contributed by atoms with Gasteiger partial charge in [0.25, 0.3) is 0 Å². The second kappa shape index (κ2) is 3.00. The lowest BCUT2D eigenvalue weighted by Crippen LogP contribution is -2.59. The highest BCUT2D eigenvalue weighted by Gasteiger charge is 2.59. The fraction of sp³-hybridized carbons (Fsp3) is 1.00. The van der Waals surface area contributed by atoms with Crippen LogP contribution in [0.15, 0.2) is 0 Å². The monoisotopic (exact) mass is 207 g/mol. The zero-order valence-electron chi connectivity index (χ0n) is 10.3. The number of fused-ring (bicyclic) bond motifs is 2. The molecule has 4 aliphatic carbocycles. The van der Waals surface area contributed by atoms with E-state index in [1.807, 2.05) is 0 Å². The van der Waals surface area contributed by atoms with Crippen LogP contribution in [0.1, 0.15) is 52.4 Å². The van der Waals surface area contributed by atoms with Crippen LogP contribution < -0.4 is 5.73 Å². The first-order valence-corrected chi connectivity index (χ1v) is 6.80. The molecule has 86 valence electrons. The van der Waals surface area contributed by atoms with Crippen LogP contribution in [0, 0.1) is 28.6 Å². The molecule has 2 N–H and O–H groups in total. The van der Waals surface area contributed by atoms with Crippen molar-refractivity contribution in [2.24, 2.45) is 34.3 Å². The van der Waals surface area contributed by atoms with Gasteiger partial charge in [-0.05, 0) is 67.2 Å². The maximum atomic E-state index is 6.07. The molecule has 4 rings (SSSR count). The number of hydrogen-bond acceptors (Lipinski definition) is 1. The molecule has 15 heavy (non-hydrogen) atoms. The Hall–Kier alpha value is -0.0400. The molecule has 2 bridgehead atoms. The molecule has 3 atom stereocenters. The van der Waals surface area contributed by atoms with Crippen molar-refractivity contribution < 1.29 is 0 Å². The fourth-order valence-electron chi connectivity index (χ4n) is 4.90. The largest absolute Gasteiger partial charge is 0.330 e. The summed E-state index contributed by atoms with van der Waals surface area (Å²) >= 11 is 0. The maximum Gasteiger partial charge on any atom is -0.00178 e. The minimum atomic E-state index is 0.577. The Balaban J connectivity index is 1.82. The molecule has 1 heteroatoms. The number of hydrogen-bond donors (Lipinski definition) is 1. The van der Waals surface area contributed by atoms with Crippen LogP contribution in [0.3, 0.4) is 0 Å². The van der Waals surface area contributed by atoms with Crippen LogP contribution in [0.25, 0.3) is 0 Å². The van der Waals surface area contributed by atoms with Gasteiger partial charge in [-0.1, -0.05) is 20.3 Å². The summed E-state index contributed by atoms with van der Waals surface area (Å²) in [6, 6.07) is 0. The SMILES string of the molecule is CC1(C)C2CCC(C3(CN)CCC3)C1C2. The molecular formula is C14H25N. The van der Waals surface area contributed by atoms with E-state index >= 15 is 0 Å². The summed E-state index contributed by atoms with van der Waals surface area (Å²) in [4.78, 5) is 0. The van der Waals surface area contributed by atoms with Crippen molar-refractivity contribution in [1.29, 1.82) is 0 Å². The van der Waals surface area contributed by atoms with E-state index in [1.54, 1.807) is 0 Å². The second-order valence-electron chi connectivity index (χ2n) is 6.96. The molecule has 4 aliphatic rings. The van der Waals surface area contributed by atoms with Gasteiger partial charge in [0.2, 0.25) is 0 Å². The number of nitrogens with two attached hydrogens (primary N) is 1. The minimum Gasteiger partial charge on any atom is -0.330 e. The summed E-state index contributed by atoms with van der Waals surface area (Å²) in [5, 5.41) is 0. The van der Waals surface area contributed by atoms with Gasteiger partial charge >= 0.3 is 0 Å². The normalized spacial score (nSPS) is 45.4. The van der Waals surface area contributed by atoms with Gasteiger partial charge in [-0.2, -0.15) is 0 Å². The van der Waals surface area contributed by atoms with Crippen molar-refractivity contribution >= 4 is 0 Å². The molecule has 0 aromatic carbocycles. The van der Waals surface area contributed by atoms with Crippen LogP contribution in [0.4, 0.5) is 0 Å². The number of rotatable bonds is 2. The summed E-state index contributed by atoms with van der Waals surface area (Å²) in [6.07, 6.45) is 8.76. The van der Waals surface area contributed by atoms with Crippen molar-refractivity contribution in [3.63, 3.8) is 0 Å². The van der Waals surface area contributed by atoms with Gasteiger partial charge in [0.15, 0.2) is 0 Å². The highest BCUT2D eigenvalue weighted by molar-refractivity contribution is 5.09. The van der Waals surface area contributed by atoms with Gasteiger partial charge < -0.3 is 5.73 Å². The summed E-state index contributed by atoms with van der Waals surface area (Å²) in [6.45, 7) is 5.96. The van der Waals surface area contributed by atoms with E-state index < -0.39 is 0 Å². The van der Waals surface area contributed by atoms with E-state index in [0.29, 0.717) is 10.8 Å². The van der Waals surface area contributed by atoms with Gasteiger partial charge in [-0.15, -0.1) is 0 Å². The molecule has 0 heterocycles.